The molecule has 74 heavy (non-hydrogen) atoms. The Bertz CT molecular complexity index is 2270. The third-order valence-corrected chi connectivity index (χ3v) is 18.4. The summed E-state index contributed by atoms with van der Waals surface area (Å²) in [5.74, 6) is -1.21. The largest absolute Gasteiger partial charge is 0.459 e. The molecule has 7 fully saturated rings. The van der Waals surface area contributed by atoms with Gasteiger partial charge in [-0.2, -0.15) is 0 Å². The minimum absolute atomic E-state index is 0.0792. The average molecular weight is 1040 g/mol. The normalized spacial score (nSPS) is 43.6. The maximum atomic E-state index is 13.9. The molecule has 0 bridgehead atoms. The topological polar surface area (TPSA) is 207 Å². The third-order valence-electron chi connectivity index (χ3n) is 18.4. The zero-order chi connectivity index (χ0) is 53.2. The molecule has 4 aliphatic carbocycles. The summed E-state index contributed by atoms with van der Waals surface area (Å²) in [6.07, 6.45) is -3.53. The molecule has 21 atom stereocenters. The highest BCUT2D eigenvalue weighted by atomic mass is 16.8. The van der Waals surface area contributed by atoms with E-state index in [1.807, 2.05) is 0 Å². The maximum absolute atomic E-state index is 13.9. The van der Waals surface area contributed by atoms with Crippen molar-refractivity contribution in [2.24, 2.45) is 51.8 Å². The monoisotopic (exact) mass is 1040 g/mol. The molecular formula is C57H80O17. The lowest BCUT2D eigenvalue weighted by Gasteiger charge is -2.58. The summed E-state index contributed by atoms with van der Waals surface area (Å²) in [6.45, 7) is 20.0. The van der Waals surface area contributed by atoms with Gasteiger partial charge in [-0.25, -0.2) is 4.79 Å². The number of fused-ring (bicyclic) bond motifs is 7. The van der Waals surface area contributed by atoms with E-state index in [-0.39, 0.29) is 22.5 Å². The number of ether oxygens (including phenoxy) is 11. The molecule has 8 aliphatic rings. The van der Waals surface area contributed by atoms with E-state index in [4.69, 9.17) is 52.1 Å². The number of esters is 5. The highest BCUT2D eigenvalue weighted by Crippen LogP contribution is 2.71. The smallest absolute Gasteiger partial charge is 0.338 e. The molecule has 1 aromatic rings. The Morgan fingerprint density at radius 1 is 0.757 bits per heavy atom. The first-order valence-electron chi connectivity index (χ1n) is 27.2. The van der Waals surface area contributed by atoms with Crippen molar-refractivity contribution in [1.29, 1.82) is 0 Å². The summed E-state index contributed by atoms with van der Waals surface area (Å²) < 4.78 is 69.2. The van der Waals surface area contributed by atoms with Crippen molar-refractivity contribution < 1.29 is 81.2 Å². The standard InChI is InChI=1S/C57H80O17/c1-29-19-24-57(65-27-29)30(2)43-41(74-57)26-40-38-18-17-36-25-37(20-22-55(36,10)39(38)21-23-56(40,43)11)70-52-48(72-51-49(69-34(6)60)47(68-33(5)59)45(31(3)66-51)67-32(4)58)46(73-53(63)54(7,8)9)44(61)42(71-52)28-64-50(62)35-15-13-12-14-16-35/h12-17,29-31,37-49,51-52,61H,18-28H2,1-11H3/t29-,30+,31+,37+,38-,39+,40+,41+,42-,43+,44-,45+,46+,47-,48-,49-,51+,52-,55+,56+,57-/m1/s1. The zero-order valence-electron chi connectivity index (χ0n) is 45.1. The van der Waals surface area contributed by atoms with Crippen LogP contribution in [0.3, 0.4) is 0 Å². The lowest BCUT2D eigenvalue weighted by Crippen LogP contribution is -2.66. The number of aliphatic hydroxyl groups excluding tert-OH is 1. The summed E-state index contributed by atoms with van der Waals surface area (Å²) in [5, 5.41) is 12.2. The Labute approximate surface area is 435 Å². The summed E-state index contributed by atoms with van der Waals surface area (Å²) >= 11 is 0. The second-order valence-electron chi connectivity index (χ2n) is 24.4. The van der Waals surface area contributed by atoms with Crippen molar-refractivity contribution in [3.8, 4) is 0 Å². The van der Waals surface area contributed by atoms with Crippen LogP contribution in [0.2, 0.25) is 0 Å². The summed E-state index contributed by atoms with van der Waals surface area (Å²) in [6, 6.07) is 8.37. The molecule has 0 radical (unpaired) electrons. The van der Waals surface area contributed by atoms with Gasteiger partial charge in [0, 0.05) is 33.1 Å². The molecule has 1 aromatic carbocycles. The maximum Gasteiger partial charge on any atom is 0.338 e. The van der Waals surface area contributed by atoms with Crippen LogP contribution in [0.5, 0.6) is 0 Å². The Hall–Kier alpha value is -3.97. The van der Waals surface area contributed by atoms with Crippen LogP contribution in [0.4, 0.5) is 0 Å². The first kappa shape index (κ1) is 54.8. The van der Waals surface area contributed by atoms with Crippen LogP contribution in [0, 0.1) is 51.8 Å². The molecule has 0 amide bonds. The molecule has 0 unspecified atom stereocenters. The molecule has 9 rings (SSSR count). The molecule has 17 nitrogen and oxygen atoms in total. The molecule has 410 valence electrons. The number of allylic oxidation sites excluding steroid dienone is 1. The van der Waals surface area contributed by atoms with E-state index < -0.39 is 115 Å². The zero-order valence-corrected chi connectivity index (χ0v) is 45.1. The minimum Gasteiger partial charge on any atom is -0.459 e. The van der Waals surface area contributed by atoms with Gasteiger partial charge in [0.15, 0.2) is 48.9 Å². The Morgan fingerprint density at radius 3 is 2.09 bits per heavy atom. The minimum atomic E-state index is -1.67. The quantitative estimate of drug-likeness (QED) is 0.129. The van der Waals surface area contributed by atoms with Crippen LogP contribution >= 0.6 is 0 Å². The van der Waals surface area contributed by atoms with Gasteiger partial charge in [0.2, 0.25) is 0 Å². The lowest BCUT2D eigenvalue weighted by molar-refractivity contribution is -0.371. The summed E-state index contributed by atoms with van der Waals surface area (Å²) in [5.41, 5.74) is 0.620. The first-order chi connectivity index (χ1) is 34.9. The molecule has 17 heteroatoms. The summed E-state index contributed by atoms with van der Waals surface area (Å²) in [4.78, 5) is 65.0. The molecule has 1 spiro atoms. The molecular weight excluding hydrogens is 957 g/mol. The van der Waals surface area contributed by atoms with Crippen LogP contribution < -0.4 is 0 Å². The van der Waals surface area contributed by atoms with Crippen molar-refractivity contribution in [1.82, 2.24) is 0 Å². The van der Waals surface area contributed by atoms with Crippen LogP contribution in [0.25, 0.3) is 0 Å². The van der Waals surface area contributed by atoms with E-state index >= 15 is 0 Å². The van der Waals surface area contributed by atoms with E-state index in [9.17, 15) is 29.1 Å². The molecule has 4 saturated heterocycles. The van der Waals surface area contributed by atoms with Crippen molar-refractivity contribution >= 4 is 29.8 Å². The lowest BCUT2D eigenvalue weighted by atomic mass is 9.47. The van der Waals surface area contributed by atoms with Crippen molar-refractivity contribution in [3.63, 3.8) is 0 Å². The predicted molar refractivity (Wildman–Crippen MR) is 263 cm³/mol. The van der Waals surface area contributed by atoms with Gasteiger partial charge in [-0.3, -0.25) is 19.2 Å². The fraction of sp³-hybridized carbons (Fsp3) is 0.772. The highest BCUT2D eigenvalue weighted by Gasteiger charge is 2.69. The molecule has 4 aliphatic heterocycles. The van der Waals surface area contributed by atoms with Crippen molar-refractivity contribution in [2.75, 3.05) is 13.2 Å². The predicted octanol–water partition coefficient (Wildman–Crippen LogP) is 7.56. The van der Waals surface area contributed by atoms with Crippen LogP contribution in [0.1, 0.15) is 144 Å². The molecule has 1 N–H and O–H groups in total. The van der Waals surface area contributed by atoms with Gasteiger partial charge in [-0.1, -0.05) is 57.5 Å². The van der Waals surface area contributed by atoms with Gasteiger partial charge in [0.25, 0.3) is 0 Å². The number of hydrogen-bond acceptors (Lipinski definition) is 17. The summed E-state index contributed by atoms with van der Waals surface area (Å²) in [7, 11) is 0. The van der Waals surface area contributed by atoms with E-state index in [1.54, 1.807) is 58.0 Å². The van der Waals surface area contributed by atoms with E-state index in [1.165, 1.54) is 12.5 Å². The second kappa shape index (κ2) is 21.1. The van der Waals surface area contributed by atoms with Gasteiger partial charge >= 0.3 is 29.8 Å². The number of carbonyl (C=O) groups excluding carboxylic acids is 5. The number of rotatable bonds is 11. The third kappa shape index (κ3) is 10.4. The molecule has 4 heterocycles. The fourth-order valence-electron chi connectivity index (χ4n) is 14.7. The number of hydrogen-bond donors (Lipinski definition) is 1. The van der Waals surface area contributed by atoms with Gasteiger partial charge in [-0.05, 0) is 132 Å². The number of aliphatic hydroxyl groups is 1. The van der Waals surface area contributed by atoms with Crippen LogP contribution in [-0.2, 0) is 71.3 Å². The van der Waals surface area contributed by atoms with Crippen LogP contribution in [-0.4, -0.2) is 128 Å². The molecule has 0 aromatic heterocycles. The average Bonchev–Trinajstić information content (AvgIpc) is 3.79. The fourth-order valence-corrected chi connectivity index (χ4v) is 14.7. The molecule has 3 saturated carbocycles. The SMILES string of the molecule is CC(=O)O[C@@H]1[C@@H](OC(C)=O)[C@H](C)O[C@@H](O[C@H]2[C@H](O[C@H]3CC[C@@]4(C)C(=CC[C@H]5[C@@H]6C[C@@H]7O[C@]8(CC[C@@H](C)CO8)[C@@H](C)[C@@H]7[C@@]6(C)CC[C@@H]54)C3)O[C@H](COC(=O)c3ccccc3)[C@@H](O)[C@@H]2OC(=O)C(C)(C)C)[C@@H]1OC(C)=O. The number of benzene rings is 1. The van der Waals surface area contributed by atoms with E-state index in [0.29, 0.717) is 48.3 Å². The Morgan fingerprint density at radius 2 is 1.43 bits per heavy atom. The van der Waals surface area contributed by atoms with Gasteiger partial charge < -0.3 is 57.2 Å². The van der Waals surface area contributed by atoms with E-state index in [0.717, 1.165) is 65.4 Å². The Kier molecular flexibility index (Phi) is 15.6. The van der Waals surface area contributed by atoms with Crippen molar-refractivity contribution in [2.45, 2.75) is 213 Å². The Balaban J connectivity index is 1.00. The van der Waals surface area contributed by atoms with Gasteiger partial charge in [0.05, 0.1) is 35.9 Å². The highest BCUT2D eigenvalue weighted by molar-refractivity contribution is 5.89. The second-order valence-corrected chi connectivity index (χ2v) is 24.4. The number of carbonyl (C=O) groups is 5. The van der Waals surface area contributed by atoms with Crippen molar-refractivity contribution in [3.05, 3.63) is 47.5 Å². The van der Waals surface area contributed by atoms with E-state index in [2.05, 4.69) is 33.8 Å². The first-order valence-corrected chi connectivity index (χ1v) is 27.2. The van der Waals surface area contributed by atoms with Gasteiger partial charge in [0.1, 0.15) is 18.8 Å². The van der Waals surface area contributed by atoms with Crippen LogP contribution in [0.15, 0.2) is 42.0 Å². The van der Waals surface area contributed by atoms with Gasteiger partial charge in [-0.15, -0.1) is 0 Å².